The first-order valence-electron chi connectivity index (χ1n) is 7.08. The van der Waals surface area contributed by atoms with Gasteiger partial charge < -0.3 is 10.1 Å². The molecule has 0 saturated heterocycles. The van der Waals surface area contributed by atoms with Crippen molar-refractivity contribution in [2.24, 2.45) is 0 Å². The molecule has 22 heavy (non-hydrogen) atoms. The average molecular weight is 313 g/mol. The largest absolute Gasteiger partial charge is 0.492 e. The number of hydrogen-bond donors (Lipinski definition) is 1. The van der Waals surface area contributed by atoms with Gasteiger partial charge in [-0.3, -0.25) is 4.79 Å². The summed E-state index contributed by atoms with van der Waals surface area (Å²) in [5, 5.41) is 2.83. The Kier molecular flexibility index (Phi) is 6.10. The Hall–Kier alpha value is -2.20. The van der Waals surface area contributed by atoms with Crippen LogP contribution in [0.25, 0.3) is 6.08 Å². The third-order valence-electron chi connectivity index (χ3n) is 2.99. The first-order chi connectivity index (χ1) is 10.7. The molecule has 0 radical (unpaired) electrons. The van der Waals surface area contributed by atoms with E-state index in [1.165, 1.54) is 11.0 Å². The van der Waals surface area contributed by atoms with Crippen molar-refractivity contribution in [3.8, 4) is 5.75 Å². The number of carbonyl (C=O) groups excluding carboxylic acids is 1. The van der Waals surface area contributed by atoms with E-state index in [0.29, 0.717) is 18.0 Å². The number of carbonyl (C=O) groups is 1. The van der Waals surface area contributed by atoms with Crippen LogP contribution in [0.1, 0.15) is 12.5 Å². The smallest absolute Gasteiger partial charge is 0.248 e. The molecule has 0 fully saturated rings. The van der Waals surface area contributed by atoms with Crippen LogP contribution < -0.4 is 10.1 Å². The maximum atomic E-state index is 12.0. The number of nitrogens with one attached hydrogen (secondary N) is 1. The first kappa shape index (κ1) is 16.2. The zero-order valence-corrected chi connectivity index (χ0v) is 13.5. The first-order valence-corrected chi connectivity index (χ1v) is 8.30. The summed E-state index contributed by atoms with van der Waals surface area (Å²) in [7, 11) is 0. The quantitative estimate of drug-likeness (QED) is 0.632. The summed E-state index contributed by atoms with van der Waals surface area (Å²) in [6, 6.07) is 15.5. The van der Waals surface area contributed by atoms with E-state index in [1.54, 1.807) is 17.8 Å². The molecule has 0 aliphatic heterocycles. The van der Waals surface area contributed by atoms with Gasteiger partial charge in [0, 0.05) is 11.0 Å². The molecule has 2 aromatic rings. The van der Waals surface area contributed by atoms with Crippen LogP contribution in [-0.2, 0) is 4.79 Å². The predicted octanol–water partition coefficient (Wildman–Crippen LogP) is 4.46. The fourth-order valence-electron chi connectivity index (χ4n) is 1.91. The monoisotopic (exact) mass is 313 g/mol. The highest BCUT2D eigenvalue weighted by atomic mass is 32.2. The van der Waals surface area contributed by atoms with Crippen molar-refractivity contribution >= 4 is 29.4 Å². The van der Waals surface area contributed by atoms with Gasteiger partial charge in [-0.1, -0.05) is 24.3 Å². The molecule has 2 rings (SSSR count). The van der Waals surface area contributed by atoms with Crippen molar-refractivity contribution in [2.45, 2.75) is 11.8 Å². The van der Waals surface area contributed by atoms with Crippen LogP contribution in [-0.4, -0.2) is 18.8 Å². The van der Waals surface area contributed by atoms with E-state index in [2.05, 4.69) is 5.32 Å². The van der Waals surface area contributed by atoms with Crippen LogP contribution in [0.2, 0.25) is 0 Å². The molecule has 0 aromatic heterocycles. The third-order valence-corrected chi connectivity index (χ3v) is 3.73. The van der Waals surface area contributed by atoms with Crippen LogP contribution in [0.4, 0.5) is 5.69 Å². The van der Waals surface area contributed by atoms with Crippen molar-refractivity contribution in [1.29, 1.82) is 0 Å². The summed E-state index contributed by atoms with van der Waals surface area (Å²) in [5.41, 5.74) is 1.67. The van der Waals surface area contributed by atoms with Gasteiger partial charge in [-0.05, 0) is 49.1 Å². The van der Waals surface area contributed by atoms with Gasteiger partial charge in [-0.2, -0.15) is 0 Å². The van der Waals surface area contributed by atoms with Gasteiger partial charge in [0.15, 0.2) is 0 Å². The molecule has 0 saturated carbocycles. The van der Waals surface area contributed by atoms with Gasteiger partial charge in [0.05, 0.1) is 12.3 Å². The molecule has 3 nitrogen and oxygen atoms in total. The summed E-state index contributed by atoms with van der Waals surface area (Å²) in [6.45, 7) is 2.47. The molecule has 1 N–H and O–H groups in total. The highest BCUT2D eigenvalue weighted by Gasteiger charge is 2.04. The predicted molar refractivity (Wildman–Crippen MR) is 93.5 cm³/mol. The maximum absolute atomic E-state index is 12.0. The molecule has 0 atom stereocenters. The Morgan fingerprint density at radius 2 is 1.91 bits per heavy atom. The Morgan fingerprint density at radius 3 is 2.59 bits per heavy atom. The minimum Gasteiger partial charge on any atom is -0.492 e. The number of hydrogen-bond acceptors (Lipinski definition) is 3. The zero-order chi connectivity index (χ0) is 15.8. The van der Waals surface area contributed by atoms with Gasteiger partial charge in [0.25, 0.3) is 0 Å². The van der Waals surface area contributed by atoms with E-state index in [9.17, 15) is 4.79 Å². The zero-order valence-electron chi connectivity index (χ0n) is 12.7. The third kappa shape index (κ3) is 4.67. The highest BCUT2D eigenvalue weighted by molar-refractivity contribution is 7.98. The van der Waals surface area contributed by atoms with Crippen LogP contribution in [0.5, 0.6) is 5.75 Å². The molecular weight excluding hydrogens is 294 g/mol. The Labute approximate surface area is 135 Å². The lowest BCUT2D eigenvalue weighted by molar-refractivity contribution is -0.111. The summed E-state index contributed by atoms with van der Waals surface area (Å²) in [5.74, 6) is 0.497. The number of ether oxygens (including phenoxy) is 1. The molecule has 0 heterocycles. The SMILES string of the molecule is CCOc1ccccc1NC(=O)/C=C/c1ccc(SC)cc1. The van der Waals surface area contributed by atoms with Crippen molar-refractivity contribution < 1.29 is 9.53 Å². The van der Waals surface area contributed by atoms with Crippen LogP contribution in [0.3, 0.4) is 0 Å². The Balaban J connectivity index is 2.01. The summed E-state index contributed by atoms with van der Waals surface area (Å²) in [6.07, 6.45) is 5.35. The molecule has 0 aliphatic rings. The van der Waals surface area contributed by atoms with Crippen LogP contribution >= 0.6 is 11.8 Å². The van der Waals surface area contributed by atoms with Gasteiger partial charge in [-0.25, -0.2) is 0 Å². The molecular formula is C18H19NO2S. The molecule has 0 unspecified atom stereocenters. The number of benzene rings is 2. The van der Waals surface area contributed by atoms with Gasteiger partial charge in [0.1, 0.15) is 5.75 Å². The lowest BCUT2D eigenvalue weighted by atomic mass is 10.2. The number of amides is 1. The van der Waals surface area contributed by atoms with Crippen molar-refractivity contribution in [1.82, 2.24) is 0 Å². The molecule has 1 amide bonds. The molecule has 114 valence electrons. The van der Waals surface area contributed by atoms with E-state index < -0.39 is 0 Å². The molecule has 0 spiro atoms. The summed E-state index contributed by atoms with van der Waals surface area (Å²) in [4.78, 5) is 13.2. The molecule has 2 aromatic carbocycles. The molecule has 4 heteroatoms. The van der Waals surface area contributed by atoms with Crippen molar-refractivity contribution in [2.75, 3.05) is 18.2 Å². The minimum atomic E-state index is -0.180. The second-order valence-corrected chi connectivity index (χ2v) is 5.40. The average Bonchev–Trinajstić information content (AvgIpc) is 2.55. The Bertz CT molecular complexity index is 650. The molecule has 0 aliphatic carbocycles. The van der Waals surface area contributed by atoms with E-state index in [0.717, 1.165) is 5.56 Å². The van der Waals surface area contributed by atoms with Crippen molar-refractivity contribution in [3.63, 3.8) is 0 Å². The number of rotatable bonds is 6. The number of anilines is 1. The fraction of sp³-hybridized carbons (Fsp3) is 0.167. The Morgan fingerprint density at radius 1 is 1.18 bits per heavy atom. The minimum absolute atomic E-state index is 0.180. The second kappa shape index (κ2) is 8.29. The number of thioether (sulfide) groups is 1. The van der Waals surface area contributed by atoms with Crippen LogP contribution in [0, 0.1) is 0 Å². The molecule has 0 bridgehead atoms. The van der Waals surface area contributed by atoms with Gasteiger partial charge in [-0.15, -0.1) is 11.8 Å². The standard InChI is InChI=1S/C18H19NO2S/c1-3-21-17-7-5-4-6-16(17)19-18(20)13-10-14-8-11-15(22-2)12-9-14/h4-13H,3H2,1-2H3,(H,19,20)/b13-10+. The topological polar surface area (TPSA) is 38.3 Å². The normalized spacial score (nSPS) is 10.6. The van der Waals surface area contributed by atoms with E-state index >= 15 is 0 Å². The van der Waals surface area contributed by atoms with Gasteiger partial charge in [0.2, 0.25) is 5.91 Å². The fourth-order valence-corrected chi connectivity index (χ4v) is 2.32. The highest BCUT2D eigenvalue weighted by Crippen LogP contribution is 2.23. The van der Waals surface area contributed by atoms with Crippen LogP contribution in [0.15, 0.2) is 59.5 Å². The van der Waals surface area contributed by atoms with Gasteiger partial charge >= 0.3 is 0 Å². The second-order valence-electron chi connectivity index (χ2n) is 4.52. The van der Waals surface area contributed by atoms with E-state index in [-0.39, 0.29) is 5.91 Å². The summed E-state index contributed by atoms with van der Waals surface area (Å²) >= 11 is 1.69. The summed E-state index contributed by atoms with van der Waals surface area (Å²) < 4.78 is 5.49. The number of para-hydroxylation sites is 2. The maximum Gasteiger partial charge on any atom is 0.248 e. The lowest BCUT2D eigenvalue weighted by Gasteiger charge is -2.09. The van der Waals surface area contributed by atoms with E-state index in [4.69, 9.17) is 4.74 Å². The van der Waals surface area contributed by atoms with E-state index in [1.807, 2.05) is 61.7 Å². The van der Waals surface area contributed by atoms with Crippen molar-refractivity contribution in [3.05, 3.63) is 60.2 Å². The lowest BCUT2D eigenvalue weighted by Crippen LogP contribution is -2.09.